The van der Waals surface area contributed by atoms with Gasteiger partial charge in [0.05, 0.1) is 17.3 Å². The molecule has 28 heavy (non-hydrogen) atoms. The first-order valence-corrected chi connectivity index (χ1v) is 9.56. The number of benzene rings is 1. The van der Waals surface area contributed by atoms with E-state index in [-0.39, 0.29) is 18.2 Å². The largest absolute Gasteiger partial charge is 0.465 e. The van der Waals surface area contributed by atoms with Crippen LogP contribution in [0.5, 0.6) is 0 Å². The lowest BCUT2D eigenvalue weighted by Gasteiger charge is -2.30. The van der Waals surface area contributed by atoms with Crippen molar-refractivity contribution >= 4 is 41.6 Å². The number of amides is 2. The van der Waals surface area contributed by atoms with E-state index in [0.717, 1.165) is 31.2 Å². The number of nitrogens with one attached hydrogen (secondary N) is 2. The number of hydrogen-bond donors (Lipinski definition) is 2. The number of para-hydroxylation sites is 1. The first-order chi connectivity index (χ1) is 13.6. The lowest BCUT2D eigenvalue weighted by atomic mass is 9.93. The molecular weight excluding hydrogens is 382 g/mol. The molecule has 0 saturated heterocycles. The van der Waals surface area contributed by atoms with Crippen LogP contribution in [-0.2, 0) is 16.1 Å². The van der Waals surface area contributed by atoms with Crippen LogP contribution in [0.3, 0.4) is 0 Å². The second-order valence-corrected chi connectivity index (χ2v) is 7.29. The fraction of sp³-hybridized carbons (Fsp3) is 0.368. The first-order valence-electron chi connectivity index (χ1n) is 9.18. The van der Waals surface area contributed by atoms with Crippen LogP contribution in [0.2, 0.25) is 5.02 Å². The number of urea groups is 1. The number of carbonyl (C=O) groups is 2. The van der Waals surface area contributed by atoms with Crippen molar-refractivity contribution in [2.75, 3.05) is 15.5 Å². The predicted molar refractivity (Wildman–Crippen MR) is 106 cm³/mol. The molecule has 1 aliphatic carbocycles. The summed E-state index contributed by atoms with van der Waals surface area (Å²) in [6.45, 7) is 0.860. The number of halogens is 1. The predicted octanol–water partition coefficient (Wildman–Crippen LogP) is 3.58. The van der Waals surface area contributed by atoms with Gasteiger partial charge < -0.3 is 10.1 Å². The Kier molecular flexibility index (Phi) is 5.29. The number of fused-ring (bicyclic) bond motifs is 1. The monoisotopic (exact) mass is 401 g/mol. The van der Waals surface area contributed by atoms with Gasteiger partial charge in [-0.05, 0) is 37.8 Å². The molecule has 146 valence electrons. The number of aromatic nitrogens is 2. The Balaban J connectivity index is 1.44. The zero-order valence-electron chi connectivity index (χ0n) is 15.1. The van der Waals surface area contributed by atoms with Gasteiger partial charge in [-0.2, -0.15) is 4.98 Å². The van der Waals surface area contributed by atoms with Crippen LogP contribution >= 0.6 is 11.6 Å². The molecule has 2 N–H and O–H groups in total. The summed E-state index contributed by atoms with van der Waals surface area (Å²) >= 11 is 6.22. The molecule has 9 heteroatoms. The van der Waals surface area contributed by atoms with Crippen LogP contribution in [0.25, 0.3) is 0 Å². The number of ether oxygens (including phenoxy) is 1. The van der Waals surface area contributed by atoms with E-state index in [4.69, 9.17) is 16.3 Å². The third-order valence-electron chi connectivity index (χ3n) is 5.06. The van der Waals surface area contributed by atoms with Crippen molar-refractivity contribution in [3.05, 3.63) is 41.0 Å². The van der Waals surface area contributed by atoms with Crippen molar-refractivity contribution in [2.24, 2.45) is 0 Å². The molecule has 0 spiro atoms. The van der Waals surface area contributed by atoms with Gasteiger partial charge in [0.1, 0.15) is 11.9 Å². The molecule has 2 heterocycles. The number of nitrogens with zero attached hydrogens (tertiary/aromatic N) is 3. The second kappa shape index (κ2) is 8.02. The normalized spacial score (nSPS) is 21.5. The molecule has 1 saturated carbocycles. The van der Waals surface area contributed by atoms with Gasteiger partial charge in [0.15, 0.2) is 0 Å². The molecule has 1 aromatic carbocycles. The maximum atomic E-state index is 12.5. The third kappa shape index (κ3) is 3.87. The second-order valence-electron chi connectivity index (χ2n) is 6.89. The van der Waals surface area contributed by atoms with Crippen LogP contribution in [0.15, 0.2) is 30.5 Å². The molecule has 2 aromatic rings. The summed E-state index contributed by atoms with van der Waals surface area (Å²) < 4.78 is 5.02. The summed E-state index contributed by atoms with van der Waals surface area (Å²) in [5.74, 6) is 0.980. The Bertz CT molecular complexity index is 886. The first kappa shape index (κ1) is 18.5. The number of anilines is 3. The average molecular weight is 402 g/mol. The molecule has 8 nitrogen and oxygen atoms in total. The summed E-state index contributed by atoms with van der Waals surface area (Å²) in [4.78, 5) is 33.4. The Labute approximate surface area is 167 Å². The molecule has 0 radical (unpaired) electrons. The van der Waals surface area contributed by atoms with Crippen molar-refractivity contribution in [3.8, 4) is 0 Å². The van der Waals surface area contributed by atoms with E-state index in [0.29, 0.717) is 35.5 Å². The summed E-state index contributed by atoms with van der Waals surface area (Å²) in [6.07, 6.45) is 5.07. The van der Waals surface area contributed by atoms with E-state index < -0.39 is 0 Å². The van der Waals surface area contributed by atoms with Crippen molar-refractivity contribution < 1.29 is 14.3 Å². The molecular formula is C19H20ClN5O3. The van der Waals surface area contributed by atoms with E-state index in [9.17, 15) is 9.59 Å². The molecule has 0 bridgehead atoms. The molecule has 1 aliphatic heterocycles. The Morgan fingerprint density at radius 1 is 1.25 bits per heavy atom. The molecule has 1 fully saturated rings. The fourth-order valence-electron chi connectivity index (χ4n) is 3.58. The minimum atomic E-state index is -0.281. The molecule has 2 amide bonds. The average Bonchev–Trinajstić information content (AvgIpc) is 2.70. The highest BCUT2D eigenvalue weighted by Crippen LogP contribution is 2.31. The minimum absolute atomic E-state index is 0.00455. The molecule has 0 unspecified atom stereocenters. The van der Waals surface area contributed by atoms with Crippen molar-refractivity contribution in [1.82, 2.24) is 9.97 Å². The van der Waals surface area contributed by atoms with Crippen molar-refractivity contribution in [3.63, 3.8) is 0 Å². The Hall–Kier alpha value is -2.87. The number of rotatable bonds is 5. The van der Waals surface area contributed by atoms with Gasteiger partial charge >= 0.3 is 6.03 Å². The quantitative estimate of drug-likeness (QED) is 0.743. The van der Waals surface area contributed by atoms with Crippen LogP contribution in [0, 0.1) is 0 Å². The van der Waals surface area contributed by atoms with Crippen LogP contribution in [0.1, 0.15) is 31.2 Å². The number of carbonyl (C=O) groups excluding carboxylic acids is 2. The summed E-state index contributed by atoms with van der Waals surface area (Å²) in [5, 5.41) is 6.63. The lowest BCUT2D eigenvalue weighted by molar-refractivity contribution is -0.134. The van der Waals surface area contributed by atoms with Crippen molar-refractivity contribution in [1.29, 1.82) is 0 Å². The van der Waals surface area contributed by atoms with Gasteiger partial charge in [-0.3, -0.25) is 15.0 Å². The van der Waals surface area contributed by atoms with Gasteiger partial charge in [0, 0.05) is 17.8 Å². The molecule has 1 aromatic heterocycles. The highest BCUT2D eigenvalue weighted by molar-refractivity contribution is 6.34. The Morgan fingerprint density at radius 2 is 2.04 bits per heavy atom. The van der Waals surface area contributed by atoms with Gasteiger partial charge in [0.25, 0.3) is 6.47 Å². The van der Waals surface area contributed by atoms with E-state index in [2.05, 4.69) is 20.6 Å². The molecule has 0 atom stereocenters. The summed E-state index contributed by atoms with van der Waals surface area (Å²) in [6, 6.07) is 7.14. The third-order valence-corrected chi connectivity index (χ3v) is 5.38. The van der Waals surface area contributed by atoms with Gasteiger partial charge in [0.2, 0.25) is 5.95 Å². The van der Waals surface area contributed by atoms with E-state index in [1.165, 1.54) is 0 Å². The summed E-state index contributed by atoms with van der Waals surface area (Å²) in [5.41, 5.74) is 1.46. The zero-order chi connectivity index (χ0) is 19.5. The van der Waals surface area contributed by atoms with E-state index in [1.807, 2.05) is 12.1 Å². The maximum Gasteiger partial charge on any atom is 0.327 e. The van der Waals surface area contributed by atoms with Crippen molar-refractivity contribution in [2.45, 2.75) is 44.4 Å². The minimum Gasteiger partial charge on any atom is -0.465 e. The summed E-state index contributed by atoms with van der Waals surface area (Å²) in [7, 11) is 0. The van der Waals surface area contributed by atoms with Gasteiger partial charge in [-0.15, -0.1) is 0 Å². The maximum absolute atomic E-state index is 12.5. The van der Waals surface area contributed by atoms with E-state index >= 15 is 0 Å². The lowest BCUT2D eigenvalue weighted by Crippen LogP contribution is -2.39. The van der Waals surface area contributed by atoms with Crippen LogP contribution in [0.4, 0.5) is 22.2 Å². The highest BCUT2D eigenvalue weighted by atomic mass is 35.5. The fourth-order valence-corrected chi connectivity index (χ4v) is 3.82. The van der Waals surface area contributed by atoms with Crippen LogP contribution < -0.4 is 15.5 Å². The Morgan fingerprint density at radius 3 is 2.79 bits per heavy atom. The van der Waals surface area contributed by atoms with E-state index in [1.54, 1.807) is 23.2 Å². The smallest absolute Gasteiger partial charge is 0.327 e. The SMILES string of the molecule is O=CO[C@H]1CC[C@H](Nc2ncc3c(n2)NC(=O)N(c2ccccc2Cl)C3)CC1. The number of hydrogen-bond acceptors (Lipinski definition) is 6. The topological polar surface area (TPSA) is 96.5 Å². The standard InChI is InChI=1S/C19H20ClN5O3/c20-15-3-1-2-4-16(15)25-10-12-9-21-18(23-17(12)24-19(25)27)22-13-5-7-14(8-6-13)28-11-26/h1-4,9,11,13-14H,5-8,10H2,(H2,21,22,23,24,27)/t13-,14-. The molecule has 4 rings (SSSR count). The molecule has 2 aliphatic rings. The highest BCUT2D eigenvalue weighted by Gasteiger charge is 2.28. The van der Waals surface area contributed by atoms with Crippen LogP contribution in [-0.4, -0.2) is 34.6 Å². The van der Waals surface area contributed by atoms with Gasteiger partial charge in [-0.1, -0.05) is 23.7 Å². The zero-order valence-corrected chi connectivity index (χ0v) is 15.9. The van der Waals surface area contributed by atoms with Gasteiger partial charge in [-0.25, -0.2) is 9.78 Å².